The standard InChI is InChI=1S/C14H23N3O3/c1-10(2)15-6-5-7-20-9-13-12(4)14(17(18)19)11(3)8-16-13/h8,10,15H,5-7,9H2,1-4H3. The molecule has 20 heavy (non-hydrogen) atoms. The van der Waals surface area contributed by atoms with Gasteiger partial charge in [-0.05, 0) is 26.8 Å². The number of ether oxygens (including phenoxy) is 1. The molecule has 0 aliphatic rings. The van der Waals surface area contributed by atoms with Gasteiger partial charge in [-0.2, -0.15) is 0 Å². The zero-order valence-corrected chi connectivity index (χ0v) is 12.6. The van der Waals surface area contributed by atoms with Crippen LogP contribution in [0.5, 0.6) is 0 Å². The number of hydrogen-bond donors (Lipinski definition) is 1. The number of aromatic nitrogens is 1. The average molecular weight is 281 g/mol. The highest BCUT2D eigenvalue weighted by molar-refractivity contribution is 5.47. The Kier molecular flexibility index (Phi) is 6.54. The van der Waals surface area contributed by atoms with E-state index in [0.29, 0.717) is 36.1 Å². The van der Waals surface area contributed by atoms with Crippen molar-refractivity contribution in [1.82, 2.24) is 10.3 Å². The minimum absolute atomic E-state index is 0.139. The minimum Gasteiger partial charge on any atom is -0.375 e. The molecular formula is C14H23N3O3. The van der Waals surface area contributed by atoms with E-state index in [2.05, 4.69) is 24.1 Å². The van der Waals surface area contributed by atoms with Gasteiger partial charge in [0.25, 0.3) is 5.69 Å². The van der Waals surface area contributed by atoms with Gasteiger partial charge in [0, 0.05) is 24.4 Å². The molecule has 0 aromatic carbocycles. The van der Waals surface area contributed by atoms with Crippen molar-refractivity contribution in [1.29, 1.82) is 0 Å². The number of nitrogens with one attached hydrogen (secondary N) is 1. The van der Waals surface area contributed by atoms with E-state index in [0.717, 1.165) is 13.0 Å². The van der Waals surface area contributed by atoms with E-state index >= 15 is 0 Å². The average Bonchev–Trinajstić information content (AvgIpc) is 2.35. The predicted octanol–water partition coefficient (Wildman–Crippen LogP) is 2.51. The molecule has 1 aromatic heterocycles. The normalized spacial score (nSPS) is 11.1. The van der Waals surface area contributed by atoms with Gasteiger partial charge in [0.1, 0.15) is 0 Å². The highest BCUT2D eigenvalue weighted by Crippen LogP contribution is 2.24. The summed E-state index contributed by atoms with van der Waals surface area (Å²) in [7, 11) is 0. The maximum Gasteiger partial charge on any atom is 0.278 e. The Morgan fingerprint density at radius 2 is 2.15 bits per heavy atom. The molecule has 1 aromatic rings. The molecule has 1 heterocycles. The van der Waals surface area contributed by atoms with Crippen LogP contribution in [0.3, 0.4) is 0 Å². The van der Waals surface area contributed by atoms with Crippen molar-refractivity contribution in [2.45, 2.75) is 46.8 Å². The van der Waals surface area contributed by atoms with E-state index in [1.165, 1.54) is 6.20 Å². The number of hydrogen-bond acceptors (Lipinski definition) is 5. The van der Waals surface area contributed by atoms with Crippen LogP contribution in [0.2, 0.25) is 0 Å². The van der Waals surface area contributed by atoms with Gasteiger partial charge in [-0.3, -0.25) is 15.1 Å². The van der Waals surface area contributed by atoms with Crippen LogP contribution in [0, 0.1) is 24.0 Å². The first-order chi connectivity index (χ1) is 9.43. The van der Waals surface area contributed by atoms with E-state index in [9.17, 15) is 10.1 Å². The van der Waals surface area contributed by atoms with E-state index in [1.54, 1.807) is 13.8 Å². The van der Waals surface area contributed by atoms with E-state index in [-0.39, 0.29) is 10.6 Å². The summed E-state index contributed by atoms with van der Waals surface area (Å²) < 4.78 is 5.53. The second-order valence-electron chi connectivity index (χ2n) is 5.13. The first kappa shape index (κ1) is 16.5. The van der Waals surface area contributed by atoms with Crippen LogP contribution in [0.1, 0.15) is 37.1 Å². The van der Waals surface area contributed by atoms with Crippen LogP contribution in [0.4, 0.5) is 5.69 Å². The highest BCUT2D eigenvalue weighted by Gasteiger charge is 2.18. The smallest absolute Gasteiger partial charge is 0.278 e. The summed E-state index contributed by atoms with van der Waals surface area (Å²) in [5.74, 6) is 0. The number of nitrogens with zero attached hydrogens (tertiary/aromatic N) is 2. The van der Waals surface area contributed by atoms with Crippen molar-refractivity contribution < 1.29 is 9.66 Å². The molecule has 0 radical (unpaired) electrons. The predicted molar refractivity (Wildman–Crippen MR) is 77.8 cm³/mol. The van der Waals surface area contributed by atoms with Gasteiger partial charge in [0.15, 0.2) is 0 Å². The van der Waals surface area contributed by atoms with Crippen molar-refractivity contribution in [2.75, 3.05) is 13.2 Å². The van der Waals surface area contributed by atoms with E-state index < -0.39 is 0 Å². The van der Waals surface area contributed by atoms with Gasteiger partial charge in [-0.1, -0.05) is 13.8 Å². The quantitative estimate of drug-likeness (QED) is 0.450. The van der Waals surface area contributed by atoms with Crippen LogP contribution in [0.25, 0.3) is 0 Å². The molecule has 0 aliphatic carbocycles. The molecule has 0 saturated heterocycles. The minimum atomic E-state index is -0.359. The molecule has 1 rings (SSSR count). The fourth-order valence-electron chi connectivity index (χ4n) is 1.93. The van der Waals surface area contributed by atoms with Crippen molar-refractivity contribution >= 4 is 5.69 Å². The molecule has 0 amide bonds. The van der Waals surface area contributed by atoms with Gasteiger partial charge < -0.3 is 10.1 Å². The largest absolute Gasteiger partial charge is 0.375 e. The second kappa shape index (κ2) is 7.91. The molecule has 0 unspecified atom stereocenters. The first-order valence-electron chi connectivity index (χ1n) is 6.84. The fraction of sp³-hybridized carbons (Fsp3) is 0.643. The Bertz CT molecular complexity index is 461. The summed E-state index contributed by atoms with van der Waals surface area (Å²) in [6.07, 6.45) is 2.44. The zero-order valence-electron chi connectivity index (χ0n) is 12.6. The fourth-order valence-corrected chi connectivity index (χ4v) is 1.93. The number of rotatable bonds is 8. The molecule has 0 spiro atoms. The Morgan fingerprint density at radius 1 is 1.45 bits per heavy atom. The maximum atomic E-state index is 11.0. The molecular weight excluding hydrogens is 258 g/mol. The van der Waals surface area contributed by atoms with Crippen LogP contribution in [-0.4, -0.2) is 29.1 Å². The van der Waals surface area contributed by atoms with Gasteiger partial charge >= 0.3 is 0 Å². The van der Waals surface area contributed by atoms with Gasteiger partial charge in [-0.25, -0.2) is 0 Å². The van der Waals surface area contributed by atoms with Crippen molar-refractivity contribution in [3.63, 3.8) is 0 Å². The molecule has 0 atom stereocenters. The summed E-state index contributed by atoms with van der Waals surface area (Å²) in [6, 6.07) is 0.471. The molecule has 112 valence electrons. The third-order valence-electron chi connectivity index (χ3n) is 3.02. The summed E-state index contributed by atoms with van der Waals surface area (Å²) >= 11 is 0. The zero-order chi connectivity index (χ0) is 15.1. The van der Waals surface area contributed by atoms with Crippen molar-refractivity contribution in [3.05, 3.63) is 33.1 Å². The number of nitro groups is 1. The summed E-state index contributed by atoms with van der Waals surface area (Å²) in [5, 5.41) is 14.3. The van der Waals surface area contributed by atoms with Gasteiger partial charge in [0.2, 0.25) is 0 Å². The maximum absolute atomic E-state index is 11.0. The highest BCUT2D eigenvalue weighted by atomic mass is 16.6. The van der Waals surface area contributed by atoms with Crippen LogP contribution in [-0.2, 0) is 11.3 Å². The second-order valence-corrected chi connectivity index (χ2v) is 5.13. The van der Waals surface area contributed by atoms with Crippen molar-refractivity contribution in [3.8, 4) is 0 Å². The summed E-state index contributed by atoms with van der Waals surface area (Å²) in [6.45, 7) is 9.44. The third kappa shape index (κ3) is 4.86. The number of aryl methyl sites for hydroxylation is 1. The van der Waals surface area contributed by atoms with Crippen LogP contribution < -0.4 is 5.32 Å². The van der Waals surface area contributed by atoms with Gasteiger partial charge in [0.05, 0.1) is 22.8 Å². The van der Waals surface area contributed by atoms with E-state index in [1.807, 2.05) is 0 Å². The molecule has 1 N–H and O–H groups in total. The third-order valence-corrected chi connectivity index (χ3v) is 3.02. The molecule has 6 nitrogen and oxygen atoms in total. The molecule has 0 bridgehead atoms. The molecule has 6 heteroatoms. The SMILES string of the molecule is Cc1cnc(COCCCNC(C)C)c(C)c1[N+](=O)[O-]. The lowest BCUT2D eigenvalue weighted by molar-refractivity contribution is -0.386. The Hall–Kier alpha value is -1.53. The molecule has 0 fully saturated rings. The summed E-state index contributed by atoms with van der Waals surface area (Å²) in [4.78, 5) is 14.9. The first-order valence-corrected chi connectivity index (χ1v) is 6.84. The topological polar surface area (TPSA) is 77.3 Å². The van der Waals surface area contributed by atoms with Gasteiger partial charge in [-0.15, -0.1) is 0 Å². The Morgan fingerprint density at radius 3 is 2.75 bits per heavy atom. The van der Waals surface area contributed by atoms with Crippen LogP contribution >= 0.6 is 0 Å². The molecule has 0 saturated carbocycles. The lowest BCUT2D eigenvalue weighted by Gasteiger charge is -2.10. The Balaban J connectivity index is 2.49. The lowest BCUT2D eigenvalue weighted by Crippen LogP contribution is -2.24. The Labute approximate surface area is 119 Å². The summed E-state index contributed by atoms with van der Waals surface area (Å²) in [5.41, 5.74) is 1.95. The van der Waals surface area contributed by atoms with Crippen LogP contribution in [0.15, 0.2) is 6.20 Å². The van der Waals surface area contributed by atoms with E-state index in [4.69, 9.17) is 4.74 Å². The lowest BCUT2D eigenvalue weighted by atomic mass is 10.1. The monoisotopic (exact) mass is 281 g/mol. The molecule has 0 aliphatic heterocycles. The van der Waals surface area contributed by atoms with Crippen molar-refractivity contribution in [2.24, 2.45) is 0 Å². The number of pyridine rings is 1.